The molecule has 13 heteroatoms. The third kappa shape index (κ3) is 6.94. The molecule has 0 bridgehead atoms. The molecule has 1 aromatic heterocycles. The molecule has 1 aliphatic rings. The normalized spacial score (nSPS) is 13.7. The van der Waals surface area contributed by atoms with Gasteiger partial charge in [0.2, 0.25) is 21.9 Å². The second-order valence-corrected chi connectivity index (χ2v) is 12.3. The fourth-order valence-electron chi connectivity index (χ4n) is 4.73. The zero-order chi connectivity index (χ0) is 31.3. The summed E-state index contributed by atoms with van der Waals surface area (Å²) < 4.78 is 39.3. The molecule has 0 aliphatic carbocycles. The van der Waals surface area contributed by atoms with Crippen LogP contribution in [0.1, 0.15) is 18.9 Å². The monoisotopic (exact) mass is 636 g/mol. The lowest BCUT2D eigenvalue weighted by Gasteiger charge is -2.27. The van der Waals surface area contributed by atoms with E-state index in [4.69, 9.17) is 21.1 Å². The lowest BCUT2D eigenvalue weighted by molar-refractivity contribution is -0.115. The number of ether oxygens (including phenoxy) is 2. The van der Waals surface area contributed by atoms with Crippen molar-refractivity contribution in [3.05, 3.63) is 77.4 Å². The summed E-state index contributed by atoms with van der Waals surface area (Å²) in [7, 11) is -2.21. The molecule has 4 aromatic rings. The number of para-hydroxylation sites is 1. The van der Waals surface area contributed by atoms with E-state index in [2.05, 4.69) is 25.9 Å². The van der Waals surface area contributed by atoms with Crippen LogP contribution in [0, 0.1) is 6.92 Å². The van der Waals surface area contributed by atoms with Gasteiger partial charge in [0.1, 0.15) is 15.7 Å². The molecule has 5 rings (SSSR count). The highest BCUT2D eigenvalue weighted by atomic mass is 35.5. The number of benzene rings is 3. The topological polar surface area (TPSA) is 135 Å². The molecule has 3 aromatic carbocycles. The second-order valence-electron chi connectivity index (χ2n) is 10.00. The summed E-state index contributed by atoms with van der Waals surface area (Å²) in [6, 6.07) is 18.1. The SMILES string of the molecule is CCC(=O)Nc1ccc(-c2cc(OC)c(Nc3ncc(Cl)c(Nc4ccccc4S(=O)(=O)N4CCOCC4)n3)cc2C)cc1. The number of halogens is 1. The van der Waals surface area contributed by atoms with Crippen molar-refractivity contribution in [2.24, 2.45) is 0 Å². The van der Waals surface area contributed by atoms with Crippen molar-refractivity contribution in [1.82, 2.24) is 14.3 Å². The zero-order valence-electron chi connectivity index (χ0n) is 24.6. The number of hydrogen-bond donors (Lipinski definition) is 3. The van der Waals surface area contributed by atoms with Gasteiger partial charge in [-0.25, -0.2) is 13.4 Å². The highest BCUT2D eigenvalue weighted by Gasteiger charge is 2.29. The molecule has 2 heterocycles. The standard InChI is InChI=1S/C31H33ClN6O5S/c1-4-29(39)34-22-11-9-21(10-12-22)23-18-27(42-3)26(17-20(23)2)36-31-33-19-24(32)30(37-31)35-25-7-5-6-8-28(25)44(40,41)38-13-15-43-16-14-38/h5-12,17-19H,4,13-16H2,1-3H3,(H,34,39)(H2,33,35,36,37). The number of aromatic nitrogens is 2. The average molecular weight is 637 g/mol. The Morgan fingerprint density at radius 3 is 2.48 bits per heavy atom. The van der Waals surface area contributed by atoms with Gasteiger partial charge in [0.05, 0.1) is 37.9 Å². The number of methoxy groups -OCH3 is 1. The minimum Gasteiger partial charge on any atom is -0.495 e. The smallest absolute Gasteiger partial charge is 0.245 e. The van der Waals surface area contributed by atoms with E-state index < -0.39 is 10.0 Å². The Balaban J connectivity index is 1.39. The van der Waals surface area contributed by atoms with Crippen molar-refractivity contribution in [3.63, 3.8) is 0 Å². The maximum atomic E-state index is 13.4. The summed E-state index contributed by atoms with van der Waals surface area (Å²) in [5, 5.41) is 9.35. The van der Waals surface area contributed by atoms with E-state index in [1.807, 2.05) is 43.3 Å². The van der Waals surface area contributed by atoms with Crippen LogP contribution in [0.15, 0.2) is 71.8 Å². The van der Waals surface area contributed by atoms with E-state index in [-0.39, 0.29) is 40.7 Å². The van der Waals surface area contributed by atoms with Crippen LogP contribution in [0.2, 0.25) is 5.02 Å². The minimum absolute atomic E-state index is 0.0453. The molecular formula is C31H33ClN6O5S. The predicted molar refractivity (Wildman–Crippen MR) is 172 cm³/mol. The first-order valence-electron chi connectivity index (χ1n) is 14.0. The van der Waals surface area contributed by atoms with Crippen molar-refractivity contribution in [2.75, 3.05) is 49.4 Å². The maximum absolute atomic E-state index is 13.4. The van der Waals surface area contributed by atoms with Crippen LogP contribution in [0.5, 0.6) is 5.75 Å². The number of amides is 1. The summed E-state index contributed by atoms with van der Waals surface area (Å²) in [4.78, 5) is 20.7. The number of nitrogens with one attached hydrogen (secondary N) is 3. The zero-order valence-corrected chi connectivity index (χ0v) is 26.1. The Labute approximate surface area is 261 Å². The molecule has 0 saturated carbocycles. The van der Waals surface area contributed by atoms with Gasteiger partial charge in [-0.15, -0.1) is 0 Å². The van der Waals surface area contributed by atoms with E-state index in [9.17, 15) is 13.2 Å². The van der Waals surface area contributed by atoms with Gasteiger partial charge >= 0.3 is 0 Å². The summed E-state index contributed by atoms with van der Waals surface area (Å²) in [5.74, 6) is 0.975. The van der Waals surface area contributed by atoms with Crippen molar-refractivity contribution in [2.45, 2.75) is 25.2 Å². The fraction of sp³-hybridized carbons (Fsp3) is 0.258. The second kappa shape index (κ2) is 13.6. The third-order valence-corrected chi connectivity index (χ3v) is 9.30. The molecular weight excluding hydrogens is 604 g/mol. The predicted octanol–water partition coefficient (Wildman–Crippen LogP) is 5.97. The highest BCUT2D eigenvalue weighted by molar-refractivity contribution is 7.89. The highest BCUT2D eigenvalue weighted by Crippen LogP contribution is 2.36. The third-order valence-electron chi connectivity index (χ3n) is 7.07. The Morgan fingerprint density at radius 1 is 1.05 bits per heavy atom. The minimum atomic E-state index is -3.78. The van der Waals surface area contributed by atoms with Crippen LogP contribution in [-0.2, 0) is 19.6 Å². The van der Waals surface area contributed by atoms with Gasteiger partial charge in [0.15, 0.2) is 5.82 Å². The van der Waals surface area contributed by atoms with E-state index in [0.29, 0.717) is 36.8 Å². The van der Waals surface area contributed by atoms with Crippen LogP contribution in [0.3, 0.4) is 0 Å². The van der Waals surface area contributed by atoms with Crippen molar-refractivity contribution < 1.29 is 22.7 Å². The first-order valence-corrected chi connectivity index (χ1v) is 15.8. The maximum Gasteiger partial charge on any atom is 0.245 e. The van der Waals surface area contributed by atoms with Gasteiger partial charge in [-0.3, -0.25) is 4.79 Å². The van der Waals surface area contributed by atoms with Gasteiger partial charge in [-0.1, -0.05) is 42.8 Å². The Morgan fingerprint density at radius 2 is 1.77 bits per heavy atom. The number of hydrogen-bond acceptors (Lipinski definition) is 9. The number of sulfonamides is 1. The number of carbonyl (C=O) groups is 1. The van der Waals surface area contributed by atoms with Gasteiger partial charge in [-0.05, 0) is 60.0 Å². The number of anilines is 5. The van der Waals surface area contributed by atoms with Gasteiger partial charge in [0, 0.05) is 25.2 Å². The molecule has 1 saturated heterocycles. The molecule has 1 aliphatic heterocycles. The number of rotatable bonds is 10. The lowest BCUT2D eigenvalue weighted by atomic mass is 9.99. The molecule has 0 unspecified atom stereocenters. The van der Waals surface area contributed by atoms with E-state index in [0.717, 1.165) is 22.4 Å². The molecule has 3 N–H and O–H groups in total. The van der Waals surface area contributed by atoms with Crippen LogP contribution in [0.4, 0.5) is 28.8 Å². The number of carbonyl (C=O) groups excluding carboxylic acids is 1. The summed E-state index contributed by atoms with van der Waals surface area (Å²) in [6.45, 7) is 5.03. The molecule has 230 valence electrons. The number of morpholine rings is 1. The average Bonchev–Trinajstić information content (AvgIpc) is 3.04. The van der Waals surface area contributed by atoms with Crippen molar-refractivity contribution in [3.8, 4) is 16.9 Å². The van der Waals surface area contributed by atoms with E-state index in [1.54, 1.807) is 38.3 Å². The van der Waals surface area contributed by atoms with Gasteiger partial charge in [0.25, 0.3) is 0 Å². The van der Waals surface area contributed by atoms with Crippen LogP contribution in [0.25, 0.3) is 11.1 Å². The molecule has 1 fully saturated rings. The summed E-state index contributed by atoms with van der Waals surface area (Å²) in [5.41, 5.74) is 4.58. The van der Waals surface area contributed by atoms with Crippen LogP contribution in [-0.4, -0.2) is 62.0 Å². The number of nitrogens with zero attached hydrogens (tertiary/aromatic N) is 3. The molecule has 0 radical (unpaired) electrons. The lowest BCUT2D eigenvalue weighted by Crippen LogP contribution is -2.40. The molecule has 0 spiro atoms. The van der Waals surface area contributed by atoms with Crippen molar-refractivity contribution in [1.29, 1.82) is 0 Å². The first-order chi connectivity index (χ1) is 21.2. The Kier molecular flexibility index (Phi) is 9.64. The van der Waals surface area contributed by atoms with Crippen LogP contribution < -0.4 is 20.7 Å². The molecule has 11 nitrogen and oxygen atoms in total. The molecule has 0 atom stereocenters. The summed E-state index contributed by atoms with van der Waals surface area (Å²) in [6.07, 6.45) is 1.84. The van der Waals surface area contributed by atoms with Gasteiger partial charge in [-0.2, -0.15) is 9.29 Å². The van der Waals surface area contributed by atoms with Crippen LogP contribution >= 0.6 is 11.6 Å². The van der Waals surface area contributed by atoms with E-state index >= 15 is 0 Å². The summed E-state index contributed by atoms with van der Waals surface area (Å²) >= 11 is 6.44. The molecule has 1 amide bonds. The Hall–Kier alpha value is -4.23. The Bertz CT molecular complexity index is 1760. The molecule has 44 heavy (non-hydrogen) atoms. The van der Waals surface area contributed by atoms with E-state index in [1.165, 1.54) is 10.5 Å². The number of aryl methyl sites for hydroxylation is 1. The fourth-order valence-corrected chi connectivity index (χ4v) is 6.43. The van der Waals surface area contributed by atoms with Crippen molar-refractivity contribution >= 4 is 56.4 Å². The van der Waals surface area contributed by atoms with Gasteiger partial charge < -0.3 is 25.4 Å². The quantitative estimate of drug-likeness (QED) is 0.192. The first kappa shape index (κ1) is 31.2. The largest absolute Gasteiger partial charge is 0.495 e.